The third kappa shape index (κ3) is 5.08. The summed E-state index contributed by atoms with van der Waals surface area (Å²) in [5.74, 6) is 1.11. The summed E-state index contributed by atoms with van der Waals surface area (Å²) in [6.45, 7) is 8.47. The highest BCUT2D eigenvalue weighted by Crippen LogP contribution is 2.22. The fraction of sp³-hybridized carbons (Fsp3) is 0.250. The van der Waals surface area contributed by atoms with Crippen LogP contribution in [0.1, 0.15) is 21.8 Å². The molecule has 140 valence electrons. The highest BCUT2D eigenvalue weighted by atomic mass is 32.2. The lowest BCUT2D eigenvalue weighted by Crippen LogP contribution is -2.15. The molecule has 1 aromatic carbocycles. The fourth-order valence-electron chi connectivity index (χ4n) is 2.71. The standard InChI is InChI=1S/C20H22N4OS2/c1-4-9-24-18(12-16-6-5-10-26-16)22-23-20(24)27-13-19(25)21-17-8-7-14(2)11-15(17)3/h4-8,10-11H,1,9,12-13H2,2-3H3,(H,21,25). The zero-order chi connectivity index (χ0) is 19.2. The van der Waals surface area contributed by atoms with Crippen molar-refractivity contribution >= 4 is 34.7 Å². The first-order valence-corrected chi connectivity index (χ1v) is 10.5. The van der Waals surface area contributed by atoms with Crippen molar-refractivity contribution in [3.8, 4) is 0 Å². The Labute approximate surface area is 167 Å². The van der Waals surface area contributed by atoms with Crippen molar-refractivity contribution < 1.29 is 4.79 Å². The Morgan fingerprint density at radius 1 is 1.33 bits per heavy atom. The van der Waals surface area contributed by atoms with E-state index in [1.165, 1.54) is 22.2 Å². The monoisotopic (exact) mass is 398 g/mol. The van der Waals surface area contributed by atoms with Gasteiger partial charge in [-0.2, -0.15) is 0 Å². The van der Waals surface area contributed by atoms with Crippen LogP contribution in [0.15, 0.2) is 53.5 Å². The number of aromatic nitrogens is 3. The van der Waals surface area contributed by atoms with E-state index in [0.29, 0.717) is 6.54 Å². The van der Waals surface area contributed by atoms with Gasteiger partial charge in [0.15, 0.2) is 5.16 Å². The van der Waals surface area contributed by atoms with Gasteiger partial charge in [0.1, 0.15) is 5.82 Å². The van der Waals surface area contributed by atoms with Crippen LogP contribution in [0.4, 0.5) is 5.69 Å². The number of aryl methyl sites for hydroxylation is 2. The first-order valence-electron chi connectivity index (χ1n) is 8.62. The van der Waals surface area contributed by atoms with Gasteiger partial charge in [0.25, 0.3) is 0 Å². The maximum absolute atomic E-state index is 12.3. The summed E-state index contributed by atoms with van der Waals surface area (Å²) >= 11 is 3.09. The molecule has 0 aliphatic rings. The van der Waals surface area contributed by atoms with Crippen LogP contribution in [-0.4, -0.2) is 26.4 Å². The van der Waals surface area contributed by atoms with Crippen LogP contribution in [0, 0.1) is 13.8 Å². The van der Waals surface area contributed by atoms with Crippen LogP contribution in [0.2, 0.25) is 0 Å². The summed E-state index contributed by atoms with van der Waals surface area (Å²) in [7, 11) is 0. The van der Waals surface area contributed by atoms with E-state index in [-0.39, 0.29) is 11.7 Å². The number of nitrogens with one attached hydrogen (secondary N) is 1. The molecule has 7 heteroatoms. The molecule has 0 fully saturated rings. The average molecular weight is 399 g/mol. The van der Waals surface area contributed by atoms with Gasteiger partial charge in [-0.1, -0.05) is 41.6 Å². The molecule has 0 atom stereocenters. The molecule has 0 saturated heterocycles. The van der Waals surface area contributed by atoms with Gasteiger partial charge >= 0.3 is 0 Å². The Morgan fingerprint density at radius 3 is 2.89 bits per heavy atom. The molecule has 3 rings (SSSR count). The maximum atomic E-state index is 12.3. The number of hydrogen-bond acceptors (Lipinski definition) is 5. The van der Waals surface area contributed by atoms with Crippen LogP contribution >= 0.6 is 23.1 Å². The number of rotatable bonds is 8. The summed E-state index contributed by atoms with van der Waals surface area (Å²) in [6, 6.07) is 10.1. The lowest BCUT2D eigenvalue weighted by Gasteiger charge is -2.10. The van der Waals surface area contributed by atoms with Crippen molar-refractivity contribution in [2.45, 2.75) is 32.0 Å². The van der Waals surface area contributed by atoms with Gasteiger partial charge in [-0.3, -0.25) is 4.79 Å². The van der Waals surface area contributed by atoms with Crippen LogP contribution in [-0.2, 0) is 17.8 Å². The summed E-state index contributed by atoms with van der Waals surface area (Å²) < 4.78 is 2.02. The second kappa shape index (κ2) is 9.01. The van der Waals surface area contributed by atoms with E-state index in [0.717, 1.165) is 28.7 Å². The van der Waals surface area contributed by atoms with Crippen molar-refractivity contribution in [1.82, 2.24) is 14.8 Å². The van der Waals surface area contributed by atoms with Gasteiger partial charge in [-0.15, -0.1) is 28.1 Å². The minimum Gasteiger partial charge on any atom is -0.325 e. The maximum Gasteiger partial charge on any atom is 0.234 e. The summed E-state index contributed by atoms with van der Waals surface area (Å²) in [6.07, 6.45) is 2.55. The molecular formula is C20H22N4OS2. The molecule has 2 heterocycles. The Kier molecular flexibility index (Phi) is 6.47. The molecule has 0 aliphatic heterocycles. The number of carbonyl (C=O) groups is 1. The largest absolute Gasteiger partial charge is 0.325 e. The normalized spacial score (nSPS) is 10.7. The molecule has 0 spiro atoms. The number of nitrogens with zero attached hydrogens (tertiary/aromatic N) is 3. The van der Waals surface area contributed by atoms with Crippen LogP contribution in [0.25, 0.3) is 0 Å². The third-order valence-electron chi connectivity index (χ3n) is 4.01. The number of thiophene rings is 1. The molecule has 27 heavy (non-hydrogen) atoms. The van der Waals surface area contributed by atoms with Crippen molar-refractivity contribution in [1.29, 1.82) is 0 Å². The number of hydrogen-bond donors (Lipinski definition) is 1. The van der Waals surface area contributed by atoms with E-state index in [2.05, 4.69) is 39.6 Å². The van der Waals surface area contributed by atoms with Crippen LogP contribution < -0.4 is 5.32 Å². The van der Waals surface area contributed by atoms with Gasteiger partial charge in [0, 0.05) is 23.5 Å². The average Bonchev–Trinajstić information content (AvgIpc) is 3.27. The predicted octanol–water partition coefficient (Wildman–Crippen LogP) is 4.46. The van der Waals surface area contributed by atoms with E-state index in [1.54, 1.807) is 11.3 Å². The minimum atomic E-state index is -0.0556. The SMILES string of the molecule is C=CCn1c(Cc2cccs2)nnc1SCC(=O)Nc1ccc(C)cc1C. The van der Waals surface area contributed by atoms with Crippen LogP contribution in [0.5, 0.6) is 0 Å². The van der Waals surface area contributed by atoms with Crippen LogP contribution in [0.3, 0.4) is 0 Å². The van der Waals surface area contributed by atoms with Gasteiger partial charge in [-0.05, 0) is 36.9 Å². The molecule has 2 aromatic heterocycles. The van der Waals surface area contributed by atoms with E-state index in [9.17, 15) is 4.79 Å². The minimum absolute atomic E-state index is 0.0556. The number of allylic oxidation sites excluding steroid dienone is 1. The molecule has 0 saturated carbocycles. The molecule has 1 amide bonds. The van der Waals surface area contributed by atoms with Crippen molar-refractivity contribution in [2.24, 2.45) is 0 Å². The molecule has 0 radical (unpaired) electrons. The third-order valence-corrected chi connectivity index (χ3v) is 5.85. The number of anilines is 1. The van der Waals surface area contributed by atoms with Crippen molar-refractivity contribution in [2.75, 3.05) is 11.1 Å². The molecule has 0 aliphatic carbocycles. The fourth-order valence-corrected chi connectivity index (χ4v) is 4.18. The van der Waals surface area contributed by atoms with Crippen molar-refractivity contribution in [3.63, 3.8) is 0 Å². The molecule has 3 aromatic rings. The molecule has 1 N–H and O–H groups in total. The number of amides is 1. The van der Waals surface area contributed by atoms with Gasteiger partial charge in [0.05, 0.1) is 5.75 Å². The Bertz CT molecular complexity index is 932. The summed E-state index contributed by atoms with van der Waals surface area (Å²) in [5, 5.41) is 14.3. The number of benzene rings is 1. The molecule has 5 nitrogen and oxygen atoms in total. The topological polar surface area (TPSA) is 59.8 Å². The van der Waals surface area contributed by atoms with Gasteiger partial charge in [-0.25, -0.2) is 0 Å². The Morgan fingerprint density at radius 2 is 2.19 bits per heavy atom. The zero-order valence-electron chi connectivity index (χ0n) is 15.4. The molecular weight excluding hydrogens is 376 g/mol. The molecule has 0 bridgehead atoms. The van der Waals surface area contributed by atoms with Gasteiger partial charge in [0.2, 0.25) is 5.91 Å². The zero-order valence-corrected chi connectivity index (χ0v) is 17.1. The van der Waals surface area contributed by atoms with E-state index >= 15 is 0 Å². The Balaban J connectivity index is 1.65. The first kappa shape index (κ1) is 19.4. The summed E-state index contributed by atoms with van der Waals surface area (Å²) in [5.41, 5.74) is 3.08. The van der Waals surface area contributed by atoms with E-state index < -0.39 is 0 Å². The van der Waals surface area contributed by atoms with Crippen molar-refractivity contribution in [3.05, 3.63) is 70.2 Å². The van der Waals surface area contributed by atoms with E-state index in [4.69, 9.17) is 0 Å². The van der Waals surface area contributed by atoms with Gasteiger partial charge < -0.3 is 9.88 Å². The lowest BCUT2D eigenvalue weighted by molar-refractivity contribution is -0.113. The molecule has 0 unspecified atom stereocenters. The Hall–Kier alpha value is -2.38. The quantitative estimate of drug-likeness (QED) is 0.449. The second-order valence-corrected chi connectivity index (χ2v) is 8.18. The number of carbonyl (C=O) groups excluding carboxylic acids is 1. The smallest absolute Gasteiger partial charge is 0.234 e. The lowest BCUT2D eigenvalue weighted by atomic mass is 10.1. The first-order chi connectivity index (χ1) is 13.1. The predicted molar refractivity (Wildman–Crippen MR) is 113 cm³/mol. The second-order valence-electron chi connectivity index (χ2n) is 6.21. The number of thioether (sulfide) groups is 1. The summed E-state index contributed by atoms with van der Waals surface area (Å²) in [4.78, 5) is 13.6. The highest BCUT2D eigenvalue weighted by molar-refractivity contribution is 7.99. The highest BCUT2D eigenvalue weighted by Gasteiger charge is 2.14. The van der Waals surface area contributed by atoms with E-state index in [1.807, 2.05) is 42.7 Å².